The van der Waals surface area contributed by atoms with Crippen LogP contribution >= 0.6 is 27.5 Å². The first-order valence-corrected chi connectivity index (χ1v) is 6.69. The zero-order chi connectivity index (χ0) is 13.0. The Labute approximate surface area is 119 Å². The van der Waals surface area contributed by atoms with Crippen molar-refractivity contribution < 1.29 is 0 Å². The van der Waals surface area contributed by atoms with Crippen molar-refractivity contribution in [2.75, 3.05) is 5.32 Å². The first-order chi connectivity index (χ1) is 8.69. The molecular formula is C13H13BrClN3. The molecule has 0 amide bonds. The average Bonchev–Trinajstić information content (AvgIpc) is 2.38. The van der Waals surface area contributed by atoms with Crippen LogP contribution in [-0.4, -0.2) is 4.98 Å². The van der Waals surface area contributed by atoms with E-state index in [0.29, 0.717) is 23.9 Å². The van der Waals surface area contributed by atoms with E-state index in [1.54, 1.807) is 6.20 Å². The smallest absolute Gasteiger partial charge is 0.145 e. The number of anilines is 1. The van der Waals surface area contributed by atoms with Crippen molar-refractivity contribution >= 4 is 33.3 Å². The number of hydrogen-bond acceptors (Lipinski definition) is 3. The normalized spacial score (nSPS) is 10.4. The maximum Gasteiger partial charge on any atom is 0.145 e. The highest BCUT2D eigenvalue weighted by Crippen LogP contribution is 2.23. The lowest BCUT2D eigenvalue weighted by Gasteiger charge is -2.08. The molecule has 1 aromatic carbocycles. The molecule has 0 radical (unpaired) electrons. The van der Waals surface area contributed by atoms with Crippen LogP contribution in [-0.2, 0) is 13.1 Å². The van der Waals surface area contributed by atoms with Gasteiger partial charge in [0.15, 0.2) is 0 Å². The van der Waals surface area contributed by atoms with Gasteiger partial charge in [-0.15, -0.1) is 0 Å². The van der Waals surface area contributed by atoms with Gasteiger partial charge in [-0.1, -0.05) is 35.9 Å². The van der Waals surface area contributed by atoms with Gasteiger partial charge in [0.05, 0.1) is 5.02 Å². The van der Waals surface area contributed by atoms with Crippen molar-refractivity contribution in [2.45, 2.75) is 13.1 Å². The highest BCUT2D eigenvalue weighted by molar-refractivity contribution is 9.10. The quantitative estimate of drug-likeness (QED) is 0.903. The van der Waals surface area contributed by atoms with Gasteiger partial charge >= 0.3 is 0 Å². The third kappa shape index (κ3) is 3.45. The number of nitrogens with one attached hydrogen (secondary N) is 1. The molecule has 0 aliphatic rings. The zero-order valence-electron chi connectivity index (χ0n) is 9.66. The van der Waals surface area contributed by atoms with Crippen LogP contribution in [0.2, 0.25) is 5.02 Å². The van der Waals surface area contributed by atoms with E-state index in [-0.39, 0.29) is 0 Å². The Bertz CT molecular complexity index is 546. The Kier molecular flexibility index (Phi) is 4.58. The van der Waals surface area contributed by atoms with E-state index in [4.69, 9.17) is 17.3 Å². The number of rotatable bonds is 4. The fraction of sp³-hybridized carbons (Fsp3) is 0.154. The maximum absolute atomic E-state index is 6.08. The second kappa shape index (κ2) is 6.18. The summed E-state index contributed by atoms with van der Waals surface area (Å²) >= 11 is 9.40. The van der Waals surface area contributed by atoms with Gasteiger partial charge in [0.2, 0.25) is 0 Å². The summed E-state index contributed by atoms with van der Waals surface area (Å²) in [4.78, 5) is 4.22. The van der Waals surface area contributed by atoms with E-state index in [0.717, 1.165) is 15.6 Å². The second-order valence-corrected chi connectivity index (χ2v) is 5.18. The molecule has 1 heterocycles. The van der Waals surface area contributed by atoms with Gasteiger partial charge in [-0.25, -0.2) is 4.98 Å². The molecule has 0 atom stereocenters. The van der Waals surface area contributed by atoms with Crippen LogP contribution < -0.4 is 11.1 Å². The number of nitrogens with two attached hydrogens (primary N) is 1. The summed E-state index contributed by atoms with van der Waals surface area (Å²) in [6.45, 7) is 1.22. The van der Waals surface area contributed by atoms with Gasteiger partial charge in [0, 0.05) is 23.8 Å². The zero-order valence-corrected chi connectivity index (χ0v) is 12.0. The fourth-order valence-electron chi connectivity index (χ4n) is 1.60. The number of benzene rings is 1. The molecule has 0 spiro atoms. The molecule has 1 aromatic heterocycles. The third-order valence-electron chi connectivity index (χ3n) is 2.49. The monoisotopic (exact) mass is 325 g/mol. The van der Waals surface area contributed by atoms with E-state index in [2.05, 4.69) is 32.3 Å². The Morgan fingerprint density at radius 2 is 2.06 bits per heavy atom. The summed E-state index contributed by atoms with van der Waals surface area (Å²) in [6.07, 6.45) is 1.71. The average molecular weight is 327 g/mol. The van der Waals surface area contributed by atoms with Crippen LogP contribution in [0, 0.1) is 0 Å². The van der Waals surface area contributed by atoms with Gasteiger partial charge in [-0.3, -0.25) is 0 Å². The molecule has 18 heavy (non-hydrogen) atoms. The summed E-state index contributed by atoms with van der Waals surface area (Å²) in [6, 6.07) is 9.93. The SMILES string of the molecule is NCc1cccc(CNc2ncc(Br)cc2Cl)c1. The minimum absolute atomic E-state index is 0.547. The Balaban J connectivity index is 2.06. The van der Waals surface area contributed by atoms with Crippen molar-refractivity contribution in [3.8, 4) is 0 Å². The molecule has 0 aliphatic heterocycles. The molecule has 5 heteroatoms. The molecular weight excluding hydrogens is 314 g/mol. The summed E-state index contributed by atoms with van der Waals surface area (Å²) in [5, 5.41) is 3.80. The van der Waals surface area contributed by atoms with Gasteiger partial charge in [0.1, 0.15) is 5.82 Å². The molecule has 2 rings (SSSR count). The lowest BCUT2D eigenvalue weighted by Crippen LogP contribution is -2.03. The standard InChI is InChI=1S/C13H13BrClN3/c14-11-5-12(15)13(18-8-11)17-7-10-3-1-2-9(4-10)6-16/h1-5,8H,6-7,16H2,(H,17,18). The highest BCUT2D eigenvalue weighted by Gasteiger charge is 2.02. The Morgan fingerprint density at radius 1 is 1.28 bits per heavy atom. The fourth-order valence-corrected chi connectivity index (χ4v) is 2.29. The van der Waals surface area contributed by atoms with Crippen LogP contribution in [0.25, 0.3) is 0 Å². The number of halogens is 2. The van der Waals surface area contributed by atoms with E-state index in [1.807, 2.05) is 24.3 Å². The number of hydrogen-bond donors (Lipinski definition) is 2. The van der Waals surface area contributed by atoms with Crippen LogP contribution in [0.15, 0.2) is 41.0 Å². The largest absolute Gasteiger partial charge is 0.365 e. The molecule has 0 fully saturated rings. The topological polar surface area (TPSA) is 50.9 Å². The Morgan fingerprint density at radius 3 is 2.78 bits per heavy atom. The molecule has 94 valence electrons. The van der Waals surface area contributed by atoms with Crippen molar-refractivity contribution in [1.29, 1.82) is 0 Å². The van der Waals surface area contributed by atoms with Crippen molar-refractivity contribution in [3.05, 3.63) is 57.2 Å². The van der Waals surface area contributed by atoms with Gasteiger partial charge in [0.25, 0.3) is 0 Å². The predicted octanol–water partition coefficient (Wildman–Crippen LogP) is 3.57. The molecule has 0 saturated heterocycles. The van der Waals surface area contributed by atoms with Crippen LogP contribution in [0.5, 0.6) is 0 Å². The second-order valence-electron chi connectivity index (χ2n) is 3.86. The van der Waals surface area contributed by atoms with Gasteiger partial charge in [-0.05, 0) is 33.1 Å². The molecule has 0 saturated carbocycles. The third-order valence-corrected chi connectivity index (χ3v) is 3.22. The number of aromatic nitrogens is 1. The minimum atomic E-state index is 0.547. The predicted molar refractivity (Wildman–Crippen MR) is 78.6 cm³/mol. The Hall–Kier alpha value is -1.10. The van der Waals surface area contributed by atoms with Gasteiger partial charge in [-0.2, -0.15) is 0 Å². The maximum atomic E-state index is 6.08. The number of nitrogens with zero attached hydrogens (tertiary/aromatic N) is 1. The van der Waals surface area contributed by atoms with E-state index in [1.165, 1.54) is 0 Å². The summed E-state index contributed by atoms with van der Waals surface area (Å²) in [5.41, 5.74) is 7.87. The molecule has 2 aromatic rings. The molecule has 3 nitrogen and oxygen atoms in total. The first-order valence-electron chi connectivity index (χ1n) is 5.52. The number of pyridine rings is 1. The van der Waals surface area contributed by atoms with Crippen LogP contribution in [0.3, 0.4) is 0 Å². The van der Waals surface area contributed by atoms with Crippen molar-refractivity contribution in [3.63, 3.8) is 0 Å². The van der Waals surface area contributed by atoms with E-state index < -0.39 is 0 Å². The molecule has 0 aliphatic carbocycles. The molecule has 0 unspecified atom stereocenters. The van der Waals surface area contributed by atoms with E-state index in [9.17, 15) is 0 Å². The summed E-state index contributed by atoms with van der Waals surface area (Å²) in [5.74, 6) is 0.679. The highest BCUT2D eigenvalue weighted by atomic mass is 79.9. The summed E-state index contributed by atoms with van der Waals surface area (Å²) < 4.78 is 0.864. The molecule has 3 N–H and O–H groups in total. The minimum Gasteiger partial charge on any atom is -0.365 e. The van der Waals surface area contributed by atoms with Crippen LogP contribution in [0.1, 0.15) is 11.1 Å². The lowest BCUT2D eigenvalue weighted by molar-refractivity contribution is 1.04. The van der Waals surface area contributed by atoms with Crippen LogP contribution in [0.4, 0.5) is 5.82 Å². The lowest BCUT2D eigenvalue weighted by atomic mass is 10.1. The van der Waals surface area contributed by atoms with Crippen molar-refractivity contribution in [2.24, 2.45) is 5.73 Å². The van der Waals surface area contributed by atoms with Crippen molar-refractivity contribution in [1.82, 2.24) is 4.98 Å². The van der Waals surface area contributed by atoms with Gasteiger partial charge < -0.3 is 11.1 Å². The van der Waals surface area contributed by atoms with E-state index >= 15 is 0 Å². The molecule has 0 bridgehead atoms. The summed E-state index contributed by atoms with van der Waals surface area (Å²) in [7, 11) is 0. The first kappa shape index (κ1) is 13.3.